The van der Waals surface area contributed by atoms with Crippen molar-refractivity contribution in [2.45, 2.75) is 45.8 Å². The molecule has 1 aromatic rings. The standard InChI is InChI=1S/C15H24N2O4S/c1-15(2,3)21-14(20)17-8-4-7-16-10-12-6-5-11(22-12)9-13(18)19/h5-6,16H,4,7-10H2,1-3H3,(H,17,20)(H,18,19). The Morgan fingerprint density at radius 3 is 2.55 bits per heavy atom. The van der Waals surface area contributed by atoms with Crippen LogP contribution in [0.3, 0.4) is 0 Å². The number of amides is 1. The number of carbonyl (C=O) groups excluding carboxylic acids is 1. The van der Waals surface area contributed by atoms with Gasteiger partial charge in [-0.2, -0.15) is 0 Å². The molecule has 7 heteroatoms. The zero-order valence-corrected chi connectivity index (χ0v) is 14.1. The molecule has 0 unspecified atom stereocenters. The Hall–Kier alpha value is -1.60. The molecule has 0 aliphatic heterocycles. The van der Waals surface area contributed by atoms with Crippen molar-refractivity contribution >= 4 is 23.4 Å². The van der Waals surface area contributed by atoms with Gasteiger partial charge in [0, 0.05) is 22.8 Å². The highest BCUT2D eigenvalue weighted by Gasteiger charge is 2.15. The number of alkyl carbamates (subject to hydrolysis) is 1. The summed E-state index contributed by atoms with van der Waals surface area (Å²) in [5.74, 6) is -0.811. The molecule has 1 aromatic heterocycles. The van der Waals surface area contributed by atoms with E-state index < -0.39 is 17.7 Å². The van der Waals surface area contributed by atoms with E-state index in [9.17, 15) is 9.59 Å². The quantitative estimate of drug-likeness (QED) is 0.638. The van der Waals surface area contributed by atoms with Crippen molar-refractivity contribution < 1.29 is 19.4 Å². The second-order valence-electron chi connectivity index (χ2n) is 5.90. The molecule has 1 heterocycles. The first kappa shape index (κ1) is 18.4. The Morgan fingerprint density at radius 2 is 1.91 bits per heavy atom. The van der Waals surface area contributed by atoms with Gasteiger partial charge in [0.1, 0.15) is 5.60 Å². The van der Waals surface area contributed by atoms with E-state index in [0.29, 0.717) is 13.1 Å². The van der Waals surface area contributed by atoms with E-state index in [1.165, 1.54) is 11.3 Å². The van der Waals surface area contributed by atoms with Crippen molar-refractivity contribution in [2.24, 2.45) is 0 Å². The van der Waals surface area contributed by atoms with Gasteiger partial charge in [-0.05, 0) is 45.9 Å². The fourth-order valence-electron chi connectivity index (χ4n) is 1.69. The van der Waals surface area contributed by atoms with Crippen LogP contribution < -0.4 is 10.6 Å². The van der Waals surface area contributed by atoms with Gasteiger partial charge in [0.05, 0.1) is 6.42 Å². The van der Waals surface area contributed by atoms with Crippen LogP contribution in [0, 0.1) is 0 Å². The van der Waals surface area contributed by atoms with Gasteiger partial charge >= 0.3 is 12.1 Å². The van der Waals surface area contributed by atoms with E-state index in [-0.39, 0.29) is 6.42 Å². The maximum atomic E-state index is 11.4. The predicted molar refractivity (Wildman–Crippen MR) is 86.2 cm³/mol. The predicted octanol–water partition coefficient (Wildman–Crippen LogP) is 2.38. The van der Waals surface area contributed by atoms with Crippen LogP contribution in [0.4, 0.5) is 4.79 Å². The summed E-state index contributed by atoms with van der Waals surface area (Å²) < 4.78 is 5.13. The molecule has 0 bridgehead atoms. The number of carboxylic acid groups (broad SMARTS) is 1. The number of ether oxygens (including phenoxy) is 1. The van der Waals surface area contributed by atoms with Crippen molar-refractivity contribution in [3.63, 3.8) is 0 Å². The molecule has 0 fully saturated rings. The molecule has 1 rings (SSSR count). The third-order valence-electron chi connectivity index (χ3n) is 2.54. The topological polar surface area (TPSA) is 87.7 Å². The van der Waals surface area contributed by atoms with Crippen LogP contribution >= 0.6 is 11.3 Å². The molecule has 6 nitrogen and oxygen atoms in total. The van der Waals surface area contributed by atoms with Crippen molar-refractivity contribution in [3.05, 3.63) is 21.9 Å². The van der Waals surface area contributed by atoms with Gasteiger partial charge in [-0.1, -0.05) is 0 Å². The lowest BCUT2D eigenvalue weighted by molar-refractivity contribution is -0.136. The number of hydrogen-bond donors (Lipinski definition) is 3. The molecule has 1 amide bonds. The fraction of sp³-hybridized carbons (Fsp3) is 0.600. The Bertz CT molecular complexity index is 494. The number of rotatable bonds is 8. The van der Waals surface area contributed by atoms with Crippen molar-refractivity contribution in [3.8, 4) is 0 Å². The largest absolute Gasteiger partial charge is 0.481 e. The average Bonchev–Trinajstić information content (AvgIpc) is 2.78. The second-order valence-corrected chi connectivity index (χ2v) is 7.15. The van der Waals surface area contributed by atoms with Gasteiger partial charge in [-0.25, -0.2) is 4.79 Å². The molecular weight excluding hydrogens is 304 g/mol. The number of nitrogens with one attached hydrogen (secondary N) is 2. The van der Waals surface area contributed by atoms with Crippen molar-refractivity contribution in [1.82, 2.24) is 10.6 Å². The van der Waals surface area contributed by atoms with Crippen molar-refractivity contribution in [1.29, 1.82) is 0 Å². The summed E-state index contributed by atoms with van der Waals surface area (Å²) in [7, 11) is 0. The minimum Gasteiger partial charge on any atom is -0.481 e. The summed E-state index contributed by atoms with van der Waals surface area (Å²) in [6.45, 7) is 7.50. The van der Waals surface area contributed by atoms with E-state index >= 15 is 0 Å². The Morgan fingerprint density at radius 1 is 1.23 bits per heavy atom. The third kappa shape index (κ3) is 8.63. The summed E-state index contributed by atoms with van der Waals surface area (Å²) in [5.41, 5.74) is -0.477. The van der Waals surface area contributed by atoms with Crippen LogP contribution in [0.15, 0.2) is 12.1 Å². The smallest absolute Gasteiger partial charge is 0.407 e. The highest BCUT2D eigenvalue weighted by atomic mass is 32.1. The van der Waals surface area contributed by atoms with Crippen LogP contribution in [0.1, 0.15) is 36.9 Å². The summed E-state index contributed by atoms with van der Waals surface area (Å²) in [6, 6.07) is 3.79. The number of thiophene rings is 1. The normalized spacial score (nSPS) is 11.2. The molecule has 0 atom stereocenters. The van der Waals surface area contributed by atoms with Crippen LogP contribution in [-0.2, 0) is 22.5 Å². The van der Waals surface area contributed by atoms with E-state index in [1.54, 1.807) is 0 Å². The Labute approximate surface area is 134 Å². The highest BCUT2D eigenvalue weighted by Crippen LogP contribution is 2.16. The minimum absolute atomic E-state index is 0.0739. The van der Waals surface area contributed by atoms with Gasteiger partial charge < -0.3 is 20.5 Å². The zero-order valence-electron chi connectivity index (χ0n) is 13.3. The summed E-state index contributed by atoms with van der Waals surface area (Å²) in [5, 5.41) is 14.7. The third-order valence-corrected chi connectivity index (χ3v) is 3.63. The first-order chi connectivity index (χ1) is 10.3. The fourth-order valence-corrected chi connectivity index (χ4v) is 2.67. The maximum absolute atomic E-state index is 11.4. The molecule has 0 saturated heterocycles. The van der Waals surface area contributed by atoms with Gasteiger partial charge in [0.15, 0.2) is 0 Å². The van der Waals surface area contributed by atoms with Crippen molar-refractivity contribution in [2.75, 3.05) is 13.1 Å². The molecule has 3 N–H and O–H groups in total. The van der Waals surface area contributed by atoms with Crippen LogP contribution in [0.5, 0.6) is 0 Å². The summed E-state index contributed by atoms with van der Waals surface area (Å²) in [6.07, 6.45) is 0.473. The van der Waals surface area contributed by atoms with E-state index in [0.717, 1.165) is 22.7 Å². The van der Waals surface area contributed by atoms with Gasteiger partial charge in [-0.3, -0.25) is 4.79 Å². The maximum Gasteiger partial charge on any atom is 0.407 e. The lowest BCUT2D eigenvalue weighted by Gasteiger charge is -2.19. The minimum atomic E-state index is -0.811. The number of carboxylic acids is 1. The molecule has 0 aliphatic carbocycles. The van der Waals surface area contributed by atoms with Crippen LogP contribution in [0.2, 0.25) is 0 Å². The highest BCUT2D eigenvalue weighted by molar-refractivity contribution is 7.12. The number of carbonyl (C=O) groups is 2. The number of aliphatic carboxylic acids is 1. The first-order valence-electron chi connectivity index (χ1n) is 7.23. The van der Waals surface area contributed by atoms with E-state index in [2.05, 4.69) is 10.6 Å². The lowest BCUT2D eigenvalue weighted by Crippen LogP contribution is -2.33. The van der Waals surface area contributed by atoms with Gasteiger partial charge in [0.25, 0.3) is 0 Å². The van der Waals surface area contributed by atoms with Crippen LogP contribution in [-0.4, -0.2) is 35.9 Å². The molecule has 0 aliphatic rings. The number of hydrogen-bond acceptors (Lipinski definition) is 5. The van der Waals surface area contributed by atoms with Gasteiger partial charge in [0.2, 0.25) is 0 Å². The summed E-state index contributed by atoms with van der Waals surface area (Å²) >= 11 is 1.50. The molecule has 0 aromatic carbocycles. The molecule has 22 heavy (non-hydrogen) atoms. The second kappa shape index (κ2) is 8.75. The molecule has 0 radical (unpaired) electrons. The Balaban J connectivity index is 2.09. The summed E-state index contributed by atoms with van der Waals surface area (Å²) in [4.78, 5) is 24.0. The molecule has 0 saturated carbocycles. The SMILES string of the molecule is CC(C)(C)OC(=O)NCCCNCc1ccc(CC(=O)O)s1. The monoisotopic (exact) mass is 328 g/mol. The van der Waals surface area contributed by atoms with Gasteiger partial charge in [-0.15, -0.1) is 11.3 Å². The zero-order chi connectivity index (χ0) is 16.6. The average molecular weight is 328 g/mol. The lowest BCUT2D eigenvalue weighted by atomic mass is 10.2. The van der Waals surface area contributed by atoms with Crippen LogP contribution in [0.25, 0.3) is 0 Å². The molecule has 0 spiro atoms. The van der Waals surface area contributed by atoms with E-state index in [4.69, 9.17) is 9.84 Å². The van der Waals surface area contributed by atoms with E-state index in [1.807, 2.05) is 32.9 Å². The first-order valence-corrected chi connectivity index (χ1v) is 8.05. The molecule has 124 valence electrons. The molecular formula is C15H24N2O4S. The Kier molecular flexibility index (Phi) is 7.34.